The summed E-state index contributed by atoms with van der Waals surface area (Å²) in [6, 6.07) is 12.5. The Morgan fingerprint density at radius 1 is 1.25 bits per heavy atom. The molecule has 0 bridgehead atoms. The molecule has 4 rings (SSSR count). The first kappa shape index (κ1) is 18.4. The number of methoxy groups -OCH3 is 1. The molecule has 0 aromatic heterocycles. The smallest absolute Gasteiger partial charge is 0.234 e. The fourth-order valence-electron chi connectivity index (χ4n) is 4.20. The first-order chi connectivity index (χ1) is 13.5. The van der Waals surface area contributed by atoms with Crippen molar-refractivity contribution in [3.63, 3.8) is 0 Å². The number of nitrogens with two attached hydrogens (primary N) is 1. The van der Waals surface area contributed by atoms with Gasteiger partial charge in [0.05, 0.1) is 19.2 Å². The van der Waals surface area contributed by atoms with Gasteiger partial charge in [-0.3, -0.25) is 19.7 Å². The topological polar surface area (TPSA) is 98.5 Å². The Morgan fingerprint density at radius 2 is 2.07 bits per heavy atom. The molecular formula is C22H21N2O4. The van der Waals surface area contributed by atoms with Gasteiger partial charge in [-0.1, -0.05) is 18.2 Å². The van der Waals surface area contributed by atoms with E-state index in [1.807, 2.05) is 12.1 Å². The Morgan fingerprint density at radius 3 is 2.82 bits per heavy atom. The number of ketones is 2. The van der Waals surface area contributed by atoms with E-state index in [1.165, 1.54) is 0 Å². The zero-order valence-electron chi connectivity index (χ0n) is 15.5. The maximum Gasteiger partial charge on any atom is 0.234 e. The normalized spacial score (nSPS) is 23.0. The van der Waals surface area contributed by atoms with Crippen molar-refractivity contribution in [1.29, 1.82) is 0 Å². The summed E-state index contributed by atoms with van der Waals surface area (Å²) < 4.78 is 5.27. The van der Waals surface area contributed by atoms with Gasteiger partial charge in [0.1, 0.15) is 5.75 Å². The zero-order chi connectivity index (χ0) is 19.8. The first-order valence-electron chi connectivity index (χ1n) is 9.26. The number of hydrogen-bond acceptors (Lipinski definition) is 5. The summed E-state index contributed by atoms with van der Waals surface area (Å²) in [6.07, 6.45) is 0.941. The van der Waals surface area contributed by atoms with E-state index in [4.69, 9.17) is 10.5 Å². The van der Waals surface area contributed by atoms with Gasteiger partial charge in [-0.2, -0.15) is 0 Å². The van der Waals surface area contributed by atoms with Crippen molar-refractivity contribution in [2.24, 2.45) is 5.73 Å². The van der Waals surface area contributed by atoms with Crippen LogP contribution in [0.15, 0.2) is 36.4 Å². The molecule has 3 N–H and O–H groups in total. The number of rotatable bonds is 5. The van der Waals surface area contributed by atoms with Crippen molar-refractivity contribution in [2.45, 2.75) is 37.3 Å². The lowest BCUT2D eigenvalue weighted by Gasteiger charge is -2.31. The molecule has 1 heterocycles. The molecular weight excluding hydrogens is 356 g/mol. The fourth-order valence-corrected chi connectivity index (χ4v) is 4.20. The number of amides is 1. The van der Waals surface area contributed by atoms with Crippen molar-refractivity contribution >= 4 is 17.5 Å². The van der Waals surface area contributed by atoms with E-state index in [1.54, 1.807) is 31.4 Å². The van der Waals surface area contributed by atoms with Crippen molar-refractivity contribution in [2.75, 3.05) is 7.11 Å². The highest BCUT2D eigenvalue weighted by atomic mass is 16.5. The molecule has 1 radical (unpaired) electrons. The zero-order valence-corrected chi connectivity index (χ0v) is 15.5. The van der Waals surface area contributed by atoms with Gasteiger partial charge in [0, 0.05) is 18.4 Å². The van der Waals surface area contributed by atoms with E-state index in [-0.39, 0.29) is 23.9 Å². The maximum absolute atomic E-state index is 13.2. The quantitative estimate of drug-likeness (QED) is 0.829. The molecule has 0 fully saturated rings. The molecule has 1 aliphatic carbocycles. The van der Waals surface area contributed by atoms with Gasteiger partial charge >= 0.3 is 0 Å². The van der Waals surface area contributed by atoms with Gasteiger partial charge in [0.25, 0.3) is 0 Å². The minimum absolute atomic E-state index is 0.0390. The van der Waals surface area contributed by atoms with Crippen molar-refractivity contribution in [3.8, 4) is 5.75 Å². The molecule has 143 valence electrons. The average molecular weight is 377 g/mol. The van der Waals surface area contributed by atoms with Crippen molar-refractivity contribution in [1.82, 2.24) is 5.32 Å². The number of Topliss-reactive ketones (excluding diaryl/α,β-unsaturated/α-hetero) is 2. The van der Waals surface area contributed by atoms with Crippen LogP contribution in [0.2, 0.25) is 0 Å². The number of ether oxygens (including phenoxy) is 1. The van der Waals surface area contributed by atoms with E-state index >= 15 is 0 Å². The van der Waals surface area contributed by atoms with E-state index in [0.717, 1.165) is 16.7 Å². The van der Waals surface area contributed by atoms with E-state index in [0.29, 0.717) is 24.2 Å². The van der Waals surface area contributed by atoms with Crippen LogP contribution < -0.4 is 15.8 Å². The molecule has 1 aliphatic heterocycles. The van der Waals surface area contributed by atoms with Crippen LogP contribution in [-0.4, -0.2) is 30.6 Å². The molecule has 2 aliphatic rings. The number of hydrogen-bond donors (Lipinski definition) is 2. The molecule has 0 spiro atoms. The fraction of sp³-hybridized carbons (Fsp3) is 0.318. The minimum atomic E-state index is -0.624. The summed E-state index contributed by atoms with van der Waals surface area (Å²) in [5.74, 6) is -0.0432. The minimum Gasteiger partial charge on any atom is -0.497 e. The second-order valence-corrected chi connectivity index (χ2v) is 7.33. The van der Waals surface area contributed by atoms with Crippen LogP contribution in [0.3, 0.4) is 0 Å². The molecule has 28 heavy (non-hydrogen) atoms. The van der Waals surface area contributed by atoms with Crippen LogP contribution >= 0.6 is 0 Å². The largest absolute Gasteiger partial charge is 0.497 e. The van der Waals surface area contributed by atoms with Crippen LogP contribution in [0.5, 0.6) is 5.75 Å². The van der Waals surface area contributed by atoms with Crippen LogP contribution in [0.1, 0.15) is 51.8 Å². The highest BCUT2D eigenvalue weighted by Gasteiger charge is 2.37. The Bertz CT molecular complexity index is 969. The number of carbonyl (C=O) groups is 3. The van der Waals surface area contributed by atoms with E-state index in [9.17, 15) is 14.4 Å². The summed E-state index contributed by atoms with van der Waals surface area (Å²) >= 11 is 0. The number of primary amides is 1. The number of nitrogens with one attached hydrogen (secondary N) is 1. The highest BCUT2D eigenvalue weighted by molar-refractivity contribution is 6.02. The van der Waals surface area contributed by atoms with Crippen LogP contribution in [-0.2, 0) is 16.0 Å². The van der Waals surface area contributed by atoms with Gasteiger partial charge in [0.2, 0.25) is 5.91 Å². The summed E-state index contributed by atoms with van der Waals surface area (Å²) in [7, 11) is 1.57. The molecule has 2 aromatic carbocycles. The SMILES string of the molecule is COc1ccc2c(c1)C(CC(=O)C1NC(C(N)=O)Cc3c[c]ccc31)CC2=O. The summed E-state index contributed by atoms with van der Waals surface area (Å²) in [5.41, 5.74) is 8.72. The third kappa shape index (κ3) is 3.20. The molecule has 0 saturated carbocycles. The summed E-state index contributed by atoms with van der Waals surface area (Å²) in [6.45, 7) is 0. The third-order valence-corrected chi connectivity index (χ3v) is 5.63. The Hall–Kier alpha value is -2.99. The van der Waals surface area contributed by atoms with E-state index in [2.05, 4.69) is 11.4 Å². The Kier molecular flexibility index (Phi) is 4.73. The summed E-state index contributed by atoms with van der Waals surface area (Å²) in [5, 5.41) is 3.09. The molecule has 1 amide bonds. The average Bonchev–Trinajstić information content (AvgIpc) is 3.01. The first-order valence-corrected chi connectivity index (χ1v) is 9.26. The molecule has 3 atom stereocenters. The second kappa shape index (κ2) is 7.20. The molecule has 0 saturated heterocycles. The number of carbonyl (C=O) groups excluding carboxylic acids is 3. The third-order valence-electron chi connectivity index (χ3n) is 5.63. The monoisotopic (exact) mass is 377 g/mol. The molecule has 3 unspecified atom stereocenters. The lowest BCUT2D eigenvalue weighted by atomic mass is 9.84. The van der Waals surface area contributed by atoms with Crippen LogP contribution in [0.25, 0.3) is 0 Å². The standard InChI is InChI=1S/C22H21N2O4/c1-28-14-6-7-16-17(11-14)13(9-19(16)25)10-20(26)21-15-5-3-2-4-12(15)8-18(24-21)22(23)27/h3-7,11,13,18,21,24H,8-10H2,1H3,(H2,23,27). The Balaban J connectivity index is 1.61. The van der Waals surface area contributed by atoms with Gasteiger partial charge in [-0.15, -0.1) is 0 Å². The van der Waals surface area contributed by atoms with Crippen molar-refractivity contribution in [3.05, 3.63) is 64.7 Å². The van der Waals surface area contributed by atoms with Crippen molar-refractivity contribution < 1.29 is 19.1 Å². The highest BCUT2D eigenvalue weighted by Crippen LogP contribution is 2.39. The second-order valence-electron chi connectivity index (χ2n) is 7.33. The maximum atomic E-state index is 13.2. The Labute approximate surface area is 163 Å². The van der Waals surface area contributed by atoms with E-state index < -0.39 is 18.0 Å². The lowest BCUT2D eigenvalue weighted by Crippen LogP contribution is -2.49. The van der Waals surface area contributed by atoms with Gasteiger partial charge in [-0.05, 0) is 53.3 Å². The number of fused-ring (bicyclic) bond motifs is 2. The molecule has 2 aromatic rings. The lowest BCUT2D eigenvalue weighted by molar-refractivity contribution is -0.123. The molecule has 6 heteroatoms. The number of benzene rings is 2. The molecule has 6 nitrogen and oxygen atoms in total. The van der Waals surface area contributed by atoms with Crippen LogP contribution in [0, 0.1) is 6.07 Å². The van der Waals surface area contributed by atoms with Crippen LogP contribution in [0.4, 0.5) is 0 Å². The van der Waals surface area contributed by atoms with Gasteiger partial charge in [-0.25, -0.2) is 0 Å². The summed E-state index contributed by atoms with van der Waals surface area (Å²) in [4.78, 5) is 37.3. The predicted octanol–water partition coefficient (Wildman–Crippen LogP) is 1.87. The predicted molar refractivity (Wildman–Crippen MR) is 102 cm³/mol. The van der Waals surface area contributed by atoms with Gasteiger partial charge in [0.15, 0.2) is 11.6 Å². The van der Waals surface area contributed by atoms with Gasteiger partial charge < -0.3 is 10.5 Å².